The van der Waals surface area contributed by atoms with Gasteiger partial charge in [-0.3, -0.25) is 0 Å². The van der Waals surface area contributed by atoms with Gasteiger partial charge in [0.15, 0.2) is 0 Å². The van der Waals surface area contributed by atoms with Gasteiger partial charge < -0.3 is 9.15 Å². The van der Waals surface area contributed by atoms with E-state index in [1.54, 1.807) is 35.8 Å². The molecule has 0 saturated heterocycles. The molecule has 0 fully saturated rings. The van der Waals surface area contributed by atoms with Gasteiger partial charge in [-0.1, -0.05) is 18.2 Å². The Labute approximate surface area is 164 Å². The molecule has 0 bridgehead atoms. The van der Waals surface area contributed by atoms with Crippen molar-refractivity contribution < 1.29 is 13.9 Å². The lowest BCUT2D eigenvalue weighted by Crippen LogP contribution is -2.11. The number of oxazole rings is 1. The fraction of sp³-hybridized carbons (Fsp3) is 0.211. The van der Waals surface area contributed by atoms with Crippen LogP contribution in [-0.2, 0) is 11.3 Å². The molecule has 0 atom stereocenters. The molecule has 4 aromatic rings. The molecule has 0 radical (unpaired) electrons. The number of carbonyl (C=O) groups excluding carboxylic acids is 1. The number of hydrogen-bond acceptors (Lipinski definition) is 8. The van der Waals surface area contributed by atoms with Crippen LogP contribution in [-0.4, -0.2) is 37.3 Å². The highest BCUT2D eigenvalue weighted by atomic mass is 32.1. The van der Waals surface area contributed by atoms with Crippen LogP contribution in [0.2, 0.25) is 0 Å². The second-order valence-electron chi connectivity index (χ2n) is 6.30. The maximum absolute atomic E-state index is 12.1. The third-order valence-corrected chi connectivity index (χ3v) is 4.60. The first-order chi connectivity index (χ1) is 13.6. The Balaban J connectivity index is 1.50. The summed E-state index contributed by atoms with van der Waals surface area (Å²) >= 11 is 1.56. The number of benzene rings is 1. The summed E-state index contributed by atoms with van der Waals surface area (Å²) in [6, 6.07) is 10.9. The zero-order valence-corrected chi connectivity index (χ0v) is 16.1. The Morgan fingerprint density at radius 2 is 2.18 bits per heavy atom. The van der Waals surface area contributed by atoms with Crippen molar-refractivity contribution in [3.8, 4) is 22.2 Å². The number of nitrogens with zero attached hydrogens (tertiary/aromatic N) is 5. The number of hydrogen-bond donors (Lipinski definition) is 0. The highest BCUT2D eigenvalue weighted by Gasteiger charge is 2.14. The lowest BCUT2D eigenvalue weighted by Gasteiger charge is -2.08. The first kappa shape index (κ1) is 18.1. The molecular formula is C19H17N5O3S. The second kappa shape index (κ2) is 7.73. The molecule has 28 heavy (non-hydrogen) atoms. The summed E-state index contributed by atoms with van der Waals surface area (Å²) < 4.78 is 10.7. The molecule has 0 spiro atoms. The molecule has 142 valence electrons. The smallest absolute Gasteiger partial charge is 0.338 e. The van der Waals surface area contributed by atoms with Crippen LogP contribution in [0.3, 0.4) is 0 Å². The fourth-order valence-corrected chi connectivity index (χ4v) is 3.19. The highest BCUT2D eigenvalue weighted by molar-refractivity contribution is 7.13. The molecule has 0 unspecified atom stereocenters. The maximum Gasteiger partial charge on any atom is 0.338 e. The second-order valence-corrected chi connectivity index (χ2v) is 7.25. The van der Waals surface area contributed by atoms with Crippen molar-refractivity contribution in [2.24, 2.45) is 0 Å². The van der Waals surface area contributed by atoms with Gasteiger partial charge in [0.25, 0.3) is 0 Å². The van der Waals surface area contributed by atoms with Gasteiger partial charge in [0, 0.05) is 5.56 Å². The van der Waals surface area contributed by atoms with Crippen molar-refractivity contribution in [1.82, 2.24) is 25.2 Å². The van der Waals surface area contributed by atoms with Gasteiger partial charge >= 0.3 is 5.97 Å². The first-order valence-corrected chi connectivity index (χ1v) is 9.54. The van der Waals surface area contributed by atoms with Gasteiger partial charge in [-0.25, -0.2) is 9.78 Å². The lowest BCUT2D eigenvalue weighted by molar-refractivity contribution is 0.0378. The van der Waals surface area contributed by atoms with E-state index in [1.807, 2.05) is 37.4 Å². The zero-order chi connectivity index (χ0) is 19.5. The largest absolute Gasteiger partial charge is 0.459 e. The Morgan fingerprint density at radius 1 is 1.29 bits per heavy atom. The van der Waals surface area contributed by atoms with Crippen LogP contribution in [0, 0.1) is 0 Å². The molecule has 0 aliphatic heterocycles. The van der Waals surface area contributed by atoms with Crippen molar-refractivity contribution >= 4 is 17.3 Å². The highest BCUT2D eigenvalue weighted by Crippen LogP contribution is 2.24. The summed E-state index contributed by atoms with van der Waals surface area (Å²) in [7, 11) is 0. The molecule has 3 heterocycles. The zero-order valence-electron chi connectivity index (χ0n) is 15.3. The van der Waals surface area contributed by atoms with Gasteiger partial charge in [0.05, 0.1) is 16.5 Å². The quantitative estimate of drug-likeness (QED) is 0.460. The van der Waals surface area contributed by atoms with Crippen molar-refractivity contribution in [2.45, 2.75) is 26.5 Å². The van der Waals surface area contributed by atoms with Crippen LogP contribution in [0.25, 0.3) is 22.2 Å². The molecule has 0 saturated carbocycles. The van der Waals surface area contributed by atoms with Crippen molar-refractivity contribution in [3.63, 3.8) is 0 Å². The van der Waals surface area contributed by atoms with Crippen molar-refractivity contribution in [1.29, 1.82) is 0 Å². The van der Waals surface area contributed by atoms with Gasteiger partial charge in [-0.15, -0.1) is 21.5 Å². The van der Waals surface area contributed by atoms with Crippen LogP contribution in [0.4, 0.5) is 0 Å². The summed E-state index contributed by atoms with van der Waals surface area (Å²) in [5, 5.41) is 14.5. The molecule has 8 nitrogen and oxygen atoms in total. The number of ether oxygens (including phenoxy) is 1. The molecule has 1 aromatic carbocycles. The predicted molar refractivity (Wildman–Crippen MR) is 103 cm³/mol. The average Bonchev–Trinajstić information content (AvgIpc) is 3.43. The minimum Gasteiger partial charge on any atom is -0.459 e. The summed E-state index contributed by atoms with van der Waals surface area (Å²) in [5.74, 6) is 0.607. The molecule has 0 amide bonds. The van der Waals surface area contributed by atoms with Crippen LogP contribution in [0.5, 0.6) is 0 Å². The van der Waals surface area contributed by atoms with Crippen LogP contribution >= 0.6 is 11.3 Å². The third kappa shape index (κ3) is 3.99. The first-order valence-electron chi connectivity index (χ1n) is 8.66. The Bertz CT molecular complexity index is 1080. The predicted octanol–water partition coefficient (Wildman–Crippen LogP) is 3.67. The average molecular weight is 395 g/mol. The minimum atomic E-state index is -0.382. The lowest BCUT2D eigenvalue weighted by atomic mass is 10.1. The molecular weight excluding hydrogens is 378 g/mol. The maximum atomic E-state index is 12.1. The van der Waals surface area contributed by atoms with E-state index in [0.29, 0.717) is 35.1 Å². The van der Waals surface area contributed by atoms with Gasteiger partial charge in [0.1, 0.15) is 18.5 Å². The number of rotatable bonds is 6. The fourth-order valence-electron chi connectivity index (χ4n) is 2.53. The van der Waals surface area contributed by atoms with E-state index < -0.39 is 0 Å². The summed E-state index contributed by atoms with van der Waals surface area (Å²) in [4.78, 5) is 18.9. The van der Waals surface area contributed by atoms with Crippen LogP contribution in [0.1, 0.15) is 29.9 Å². The number of tetrazole rings is 1. The van der Waals surface area contributed by atoms with Crippen molar-refractivity contribution in [3.05, 3.63) is 59.3 Å². The number of carbonyl (C=O) groups is 1. The third-order valence-electron chi connectivity index (χ3n) is 3.74. The molecule has 0 N–H and O–H groups in total. The molecule has 0 aliphatic rings. The van der Waals surface area contributed by atoms with Crippen LogP contribution < -0.4 is 0 Å². The number of esters is 1. The molecule has 9 heteroatoms. The number of thiophene rings is 1. The minimum absolute atomic E-state index is 0.184. The van der Waals surface area contributed by atoms with E-state index in [0.717, 1.165) is 4.88 Å². The van der Waals surface area contributed by atoms with E-state index in [4.69, 9.17) is 9.15 Å². The van der Waals surface area contributed by atoms with E-state index >= 15 is 0 Å². The summed E-state index contributed by atoms with van der Waals surface area (Å²) in [6.07, 6.45) is 1.40. The molecule has 3 aromatic heterocycles. The normalized spacial score (nSPS) is 11.1. The van der Waals surface area contributed by atoms with Gasteiger partial charge in [-0.2, -0.15) is 4.80 Å². The van der Waals surface area contributed by atoms with E-state index in [2.05, 4.69) is 20.4 Å². The standard InChI is InChI=1S/C19H17N5O3S/c1-12(2)27-19(25)14-6-3-5-13(9-14)17-21-23-24(22-17)10-15-11-26-18(20-15)16-7-4-8-28-16/h3-9,11-12H,10H2,1-2H3. The Hall–Kier alpha value is -3.33. The SMILES string of the molecule is CC(C)OC(=O)c1cccc(-c2nnn(Cc3coc(-c4cccs4)n3)n2)c1. The monoisotopic (exact) mass is 395 g/mol. The topological polar surface area (TPSA) is 95.9 Å². The Morgan fingerprint density at radius 3 is 2.96 bits per heavy atom. The van der Waals surface area contributed by atoms with E-state index in [1.165, 1.54) is 4.80 Å². The van der Waals surface area contributed by atoms with Crippen molar-refractivity contribution in [2.75, 3.05) is 0 Å². The van der Waals surface area contributed by atoms with E-state index in [9.17, 15) is 4.79 Å². The molecule has 4 rings (SSSR count). The summed E-state index contributed by atoms with van der Waals surface area (Å²) in [5.41, 5.74) is 1.82. The van der Waals surface area contributed by atoms with Gasteiger partial charge in [-0.05, 0) is 42.6 Å². The summed E-state index contributed by atoms with van der Waals surface area (Å²) in [6.45, 7) is 3.95. The number of aromatic nitrogens is 5. The van der Waals surface area contributed by atoms with Crippen LogP contribution in [0.15, 0.2) is 52.5 Å². The Kier molecular flexibility index (Phi) is 4.98. The van der Waals surface area contributed by atoms with Gasteiger partial charge in [0.2, 0.25) is 11.7 Å². The van der Waals surface area contributed by atoms with E-state index in [-0.39, 0.29) is 12.1 Å². The molecule has 0 aliphatic carbocycles.